The number of hydrogen-bond donors (Lipinski definition) is 0. The number of carbonyl (C=O) groups is 1. The van der Waals surface area contributed by atoms with Crippen LogP contribution >= 0.6 is 22.6 Å². The molecule has 0 aromatic heterocycles. The van der Waals surface area contributed by atoms with E-state index in [9.17, 15) is 4.79 Å². The van der Waals surface area contributed by atoms with E-state index in [1.54, 1.807) is 0 Å². The molecule has 1 aliphatic carbocycles. The van der Waals surface area contributed by atoms with E-state index in [1.807, 2.05) is 0 Å². The summed E-state index contributed by atoms with van der Waals surface area (Å²) in [6.45, 7) is 8.16. The van der Waals surface area contributed by atoms with E-state index in [0.717, 1.165) is 41.1 Å². The Morgan fingerprint density at radius 1 is 1.09 bits per heavy atom. The number of Topliss-reactive ketones (excluding diaryl/α,β-unsaturated/α-hetero) is 1. The molecule has 0 spiro atoms. The van der Waals surface area contributed by atoms with Gasteiger partial charge >= 0.3 is 0 Å². The minimum Gasteiger partial charge on any atom is -0.353 e. The zero-order chi connectivity index (χ0) is 16.9. The highest BCUT2D eigenvalue weighted by Gasteiger charge is 2.33. The highest BCUT2D eigenvalue weighted by atomic mass is 127. The van der Waals surface area contributed by atoms with Crippen LogP contribution in [0.4, 0.5) is 0 Å². The maximum absolute atomic E-state index is 13.1. The van der Waals surface area contributed by atoms with Gasteiger partial charge in [0.2, 0.25) is 0 Å². The first kappa shape index (κ1) is 19.6. The maximum atomic E-state index is 13.1. The van der Waals surface area contributed by atoms with Gasteiger partial charge in [-0.15, -0.1) is 0 Å². The highest BCUT2D eigenvalue weighted by Crippen LogP contribution is 2.33. The number of allylic oxidation sites excluding steroid dienone is 1. The first-order valence-corrected chi connectivity index (χ1v) is 13.6. The van der Waals surface area contributed by atoms with Crippen LogP contribution in [0, 0.1) is 5.92 Å². The second-order valence-corrected chi connectivity index (χ2v) is 14.1. The molecular weight excluding hydrogens is 419 g/mol. The van der Waals surface area contributed by atoms with Gasteiger partial charge < -0.3 is 9.47 Å². The molecule has 2 rings (SSSR count). The van der Waals surface area contributed by atoms with Crippen LogP contribution in [-0.4, -0.2) is 33.4 Å². The molecule has 0 aromatic rings. The number of rotatable bonds is 6. The fourth-order valence-corrected chi connectivity index (χ4v) is 8.26. The Labute approximate surface area is 155 Å². The average molecular weight is 450 g/mol. The smallest absolute Gasteiger partial charge is 0.158 e. The fraction of sp³-hybridized carbons (Fsp3) is 0.833. The maximum Gasteiger partial charge on any atom is 0.158 e. The van der Waals surface area contributed by atoms with Crippen molar-refractivity contribution in [1.29, 1.82) is 0 Å². The molecule has 2 fully saturated rings. The molecule has 23 heavy (non-hydrogen) atoms. The van der Waals surface area contributed by atoms with Gasteiger partial charge in [0.15, 0.2) is 12.1 Å². The van der Waals surface area contributed by atoms with Crippen molar-refractivity contribution in [2.45, 2.75) is 77.3 Å². The van der Waals surface area contributed by atoms with Crippen molar-refractivity contribution in [2.24, 2.45) is 5.92 Å². The minimum absolute atomic E-state index is 0.0822. The number of carbonyl (C=O) groups excluding carboxylic acids is 1. The summed E-state index contributed by atoms with van der Waals surface area (Å²) in [6.07, 6.45) is 9.04. The first-order valence-electron chi connectivity index (χ1n) is 9.06. The largest absolute Gasteiger partial charge is 0.353 e. The monoisotopic (exact) mass is 450 g/mol. The molecule has 0 radical (unpaired) electrons. The predicted octanol–water partition coefficient (Wildman–Crippen LogP) is 5.25. The molecule has 0 N–H and O–H groups in total. The third-order valence-corrected chi connectivity index (χ3v) is 8.19. The third-order valence-electron chi connectivity index (χ3n) is 4.78. The van der Waals surface area contributed by atoms with Crippen molar-refractivity contribution in [1.82, 2.24) is 0 Å². The van der Waals surface area contributed by atoms with E-state index < -0.39 is 8.07 Å². The number of ketones is 1. The summed E-state index contributed by atoms with van der Waals surface area (Å²) in [7, 11) is -1.68. The van der Waals surface area contributed by atoms with Gasteiger partial charge in [0.05, 0.1) is 14.7 Å². The van der Waals surface area contributed by atoms with Crippen LogP contribution in [-0.2, 0) is 14.3 Å². The van der Waals surface area contributed by atoms with E-state index in [0.29, 0.717) is 12.4 Å². The minimum atomic E-state index is -1.68. The topological polar surface area (TPSA) is 35.5 Å². The van der Waals surface area contributed by atoms with E-state index in [2.05, 4.69) is 42.2 Å². The zero-order valence-corrected chi connectivity index (χ0v) is 18.0. The molecule has 1 heterocycles. The van der Waals surface area contributed by atoms with Crippen molar-refractivity contribution in [3.05, 3.63) is 8.78 Å². The van der Waals surface area contributed by atoms with Crippen LogP contribution in [0.2, 0.25) is 19.6 Å². The molecule has 5 heteroatoms. The summed E-state index contributed by atoms with van der Waals surface area (Å²) < 4.78 is 12.7. The van der Waals surface area contributed by atoms with Crippen molar-refractivity contribution >= 4 is 36.4 Å². The van der Waals surface area contributed by atoms with Gasteiger partial charge in [-0.1, -0.05) is 38.9 Å². The van der Waals surface area contributed by atoms with Gasteiger partial charge in [-0.05, 0) is 59.9 Å². The standard InChI is InChI=1S/C18H31IO3Si/c1-23(2,3)18(17(20)14-9-5-4-6-10-14)15(19)13-22-16-11-7-8-12-21-16/h14,16H,4-13H2,1-3H3/b18-15+. The number of halogens is 1. The Morgan fingerprint density at radius 3 is 2.30 bits per heavy atom. The van der Waals surface area contributed by atoms with Gasteiger partial charge in [0.1, 0.15) is 0 Å². The highest BCUT2D eigenvalue weighted by molar-refractivity contribution is 14.1. The Balaban J connectivity index is 2.06. The van der Waals surface area contributed by atoms with Crippen molar-refractivity contribution in [2.75, 3.05) is 13.2 Å². The molecule has 0 aromatic carbocycles. The average Bonchev–Trinajstić information content (AvgIpc) is 2.53. The van der Waals surface area contributed by atoms with Gasteiger partial charge in [-0.2, -0.15) is 0 Å². The normalized spacial score (nSPS) is 25.1. The molecule has 0 amide bonds. The summed E-state index contributed by atoms with van der Waals surface area (Å²) >= 11 is 2.35. The van der Waals surface area contributed by atoms with Gasteiger partial charge in [-0.25, -0.2) is 0 Å². The Bertz CT molecular complexity index is 430. The molecule has 1 aliphatic heterocycles. The first-order chi connectivity index (χ1) is 10.9. The summed E-state index contributed by atoms with van der Waals surface area (Å²) in [5.74, 6) is 0.669. The zero-order valence-electron chi connectivity index (χ0n) is 14.8. The summed E-state index contributed by atoms with van der Waals surface area (Å²) in [4.78, 5) is 13.1. The molecule has 1 atom stereocenters. The van der Waals surface area contributed by atoms with Crippen molar-refractivity contribution < 1.29 is 14.3 Å². The summed E-state index contributed by atoms with van der Waals surface area (Å²) in [6, 6.07) is 0. The second-order valence-electron chi connectivity index (χ2n) is 7.84. The predicted molar refractivity (Wildman–Crippen MR) is 106 cm³/mol. The van der Waals surface area contributed by atoms with Gasteiger partial charge in [-0.3, -0.25) is 4.79 Å². The lowest BCUT2D eigenvalue weighted by Crippen LogP contribution is -2.35. The molecular formula is C18H31IO3Si. The lowest BCUT2D eigenvalue weighted by atomic mass is 9.86. The molecule has 0 bridgehead atoms. The van der Waals surface area contributed by atoms with Gasteiger partial charge in [0, 0.05) is 16.1 Å². The van der Waals surface area contributed by atoms with Crippen LogP contribution in [0.1, 0.15) is 51.4 Å². The van der Waals surface area contributed by atoms with Crippen LogP contribution in [0.5, 0.6) is 0 Å². The quantitative estimate of drug-likeness (QED) is 0.315. The van der Waals surface area contributed by atoms with Gasteiger partial charge in [0.25, 0.3) is 0 Å². The molecule has 2 aliphatic rings. The molecule has 132 valence electrons. The van der Waals surface area contributed by atoms with Crippen molar-refractivity contribution in [3.8, 4) is 0 Å². The summed E-state index contributed by atoms with van der Waals surface area (Å²) in [5.41, 5.74) is 0. The lowest BCUT2D eigenvalue weighted by molar-refractivity contribution is -0.155. The Hall–Kier alpha value is 0.277. The number of ether oxygens (including phenoxy) is 2. The van der Waals surface area contributed by atoms with E-state index in [1.165, 1.54) is 25.7 Å². The number of hydrogen-bond acceptors (Lipinski definition) is 3. The van der Waals surface area contributed by atoms with E-state index in [4.69, 9.17) is 9.47 Å². The SMILES string of the molecule is C[Si](C)(C)/C(C(=O)C1CCCCC1)=C(/I)COC1CCCCO1. The molecule has 1 saturated heterocycles. The Morgan fingerprint density at radius 2 is 1.74 bits per heavy atom. The second kappa shape index (κ2) is 9.11. The van der Waals surface area contributed by atoms with Crippen LogP contribution in [0.3, 0.4) is 0 Å². The Kier molecular flexibility index (Phi) is 7.76. The van der Waals surface area contributed by atoms with E-state index in [-0.39, 0.29) is 12.2 Å². The van der Waals surface area contributed by atoms with Crippen LogP contribution < -0.4 is 0 Å². The van der Waals surface area contributed by atoms with Crippen LogP contribution in [0.25, 0.3) is 0 Å². The third kappa shape index (κ3) is 5.94. The lowest BCUT2D eigenvalue weighted by Gasteiger charge is -2.29. The van der Waals surface area contributed by atoms with Crippen molar-refractivity contribution in [3.63, 3.8) is 0 Å². The van der Waals surface area contributed by atoms with E-state index >= 15 is 0 Å². The molecule has 1 saturated carbocycles. The summed E-state index contributed by atoms with van der Waals surface area (Å²) in [5, 5.41) is 1.11. The van der Waals surface area contributed by atoms with Crippen LogP contribution in [0.15, 0.2) is 8.78 Å². The molecule has 3 nitrogen and oxygen atoms in total. The fourth-order valence-electron chi connectivity index (χ4n) is 3.56. The molecule has 1 unspecified atom stereocenters.